The highest BCUT2D eigenvalue weighted by Crippen LogP contribution is 2.22. The number of halogens is 3. The molecule has 6 heteroatoms. The van der Waals surface area contributed by atoms with Crippen molar-refractivity contribution in [2.24, 2.45) is 0 Å². The SMILES string of the molecule is CCn1nc(C)cc1C(=O)CCC(F)(F)F. The van der Waals surface area contributed by atoms with Crippen LogP contribution >= 0.6 is 0 Å². The molecule has 1 rings (SSSR count). The minimum Gasteiger partial charge on any atom is -0.292 e. The van der Waals surface area contributed by atoms with Gasteiger partial charge in [-0.25, -0.2) is 0 Å². The first-order valence-electron chi connectivity index (χ1n) is 4.98. The summed E-state index contributed by atoms with van der Waals surface area (Å²) < 4.78 is 37.3. The van der Waals surface area contributed by atoms with Gasteiger partial charge in [-0.1, -0.05) is 0 Å². The lowest BCUT2D eigenvalue weighted by Crippen LogP contribution is -2.14. The monoisotopic (exact) mass is 234 g/mol. The normalized spacial score (nSPS) is 11.8. The topological polar surface area (TPSA) is 34.9 Å². The molecule has 0 aliphatic heterocycles. The molecular formula is C10H13F3N2O. The van der Waals surface area contributed by atoms with E-state index in [1.807, 2.05) is 0 Å². The Kier molecular flexibility index (Phi) is 3.72. The number of hydrogen-bond donors (Lipinski definition) is 0. The van der Waals surface area contributed by atoms with Gasteiger partial charge in [-0.2, -0.15) is 18.3 Å². The molecule has 16 heavy (non-hydrogen) atoms. The van der Waals surface area contributed by atoms with E-state index in [1.165, 1.54) is 10.7 Å². The van der Waals surface area contributed by atoms with Gasteiger partial charge in [-0.05, 0) is 19.9 Å². The number of aryl methyl sites for hydroxylation is 2. The minimum atomic E-state index is -4.29. The highest BCUT2D eigenvalue weighted by Gasteiger charge is 2.28. The molecule has 0 unspecified atom stereocenters. The second-order valence-electron chi connectivity index (χ2n) is 3.53. The molecule has 0 aliphatic rings. The van der Waals surface area contributed by atoms with Crippen molar-refractivity contribution >= 4 is 5.78 Å². The van der Waals surface area contributed by atoms with Crippen molar-refractivity contribution < 1.29 is 18.0 Å². The van der Waals surface area contributed by atoms with Crippen molar-refractivity contribution in [1.29, 1.82) is 0 Å². The molecule has 0 saturated carbocycles. The van der Waals surface area contributed by atoms with Crippen LogP contribution in [0.25, 0.3) is 0 Å². The quantitative estimate of drug-likeness (QED) is 0.751. The molecule has 1 aromatic heterocycles. The second kappa shape index (κ2) is 4.67. The highest BCUT2D eigenvalue weighted by molar-refractivity contribution is 5.94. The summed E-state index contributed by atoms with van der Waals surface area (Å²) in [7, 11) is 0. The standard InChI is InChI=1S/C10H13F3N2O/c1-3-15-8(6-7(2)14-15)9(16)4-5-10(11,12)13/h6H,3-5H2,1-2H3. The smallest absolute Gasteiger partial charge is 0.292 e. The Morgan fingerprint density at radius 3 is 2.62 bits per heavy atom. The van der Waals surface area contributed by atoms with Gasteiger partial charge in [0.15, 0.2) is 5.78 Å². The first kappa shape index (κ1) is 12.7. The summed E-state index contributed by atoms with van der Waals surface area (Å²) in [6.07, 6.45) is -5.89. The van der Waals surface area contributed by atoms with Crippen molar-refractivity contribution in [3.63, 3.8) is 0 Å². The summed E-state index contributed by atoms with van der Waals surface area (Å²) in [5, 5.41) is 4.01. The van der Waals surface area contributed by atoms with E-state index in [9.17, 15) is 18.0 Å². The van der Waals surface area contributed by atoms with Crippen LogP contribution in [0.2, 0.25) is 0 Å². The van der Waals surface area contributed by atoms with Crippen LogP contribution in [0, 0.1) is 6.92 Å². The number of nitrogens with zero attached hydrogens (tertiary/aromatic N) is 2. The molecule has 0 bridgehead atoms. The van der Waals surface area contributed by atoms with Gasteiger partial charge in [-0.15, -0.1) is 0 Å². The van der Waals surface area contributed by atoms with E-state index >= 15 is 0 Å². The molecule has 3 nitrogen and oxygen atoms in total. The van der Waals surface area contributed by atoms with Crippen LogP contribution in [0.3, 0.4) is 0 Å². The fourth-order valence-corrected chi connectivity index (χ4v) is 1.39. The van der Waals surface area contributed by atoms with Gasteiger partial charge in [-0.3, -0.25) is 9.48 Å². The Morgan fingerprint density at radius 2 is 2.12 bits per heavy atom. The van der Waals surface area contributed by atoms with E-state index in [0.717, 1.165) is 0 Å². The third kappa shape index (κ3) is 3.36. The predicted octanol–water partition coefficient (Wildman–Crippen LogP) is 2.74. The van der Waals surface area contributed by atoms with Gasteiger partial charge < -0.3 is 0 Å². The number of rotatable bonds is 4. The maximum Gasteiger partial charge on any atom is 0.389 e. The second-order valence-corrected chi connectivity index (χ2v) is 3.53. The van der Waals surface area contributed by atoms with E-state index in [4.69, 9.17) is 0 Å². The van der Waals surface area contributed by atoms with Gasteiger partial charge in [0.05, 0.1) is 12.1 Å². The van der Waals surface area contributed by atoms with Crippen molar-refractivity contribution in [1.82, 2.24) is 9.78 Å². The van der Waals surface area contributed by atoms with Crippen molar-refractivity contribution in [2.75, 3.05) is 0 Å². The molecule has 1 heterocycles. The van der Waals surface area contributed by atoms with Crippen LogP contribution in [0.5, 0.6) is 0 Å². The number of carbonyl (C=O) groups is 1. The molecular weight excluding hydrogens is 221 g/mol. The van der Waals surface area contributed by atoms with E-state index in [2.05, 4.69) is 5.10 Å². The molecule has 0 spiro atoms. The molecule has 1 aromatic rings. The van der Waals surface area contributed by atoms with Crippen LogP contribution < -0.4 is 0 Å². The fraction of sp³-hybridized carbons (Fsp3) is 0.600. The van der Waals surface area contributed by atoms with Crippen molar-refractivity contribution in [3.8, 4) is 0 Å². The Labute approximate surface area is 91.3 Å². The van der Waals surface area contributed by atoms with Gasteiger partial charge in [0, 0.05) is 13.0 Å². The number of carbonyl (C=O) groups excluding carboxylic acids is 1. The van der Waals surface area contributed by atoms with Crippen molar-refractivity contribution in [3.05, 3.63) is 17.5 Å². The lowest BCUT2D eigenvalue weighted by molar-refractivity contribution is -0.133. The summed E-state index contributed by atoms with van der Waals surface area (Å²) in [6.45, 7) is 3.96. The molecule has 0 radical (unpaired) electrons. The van der Waals surface area contributed by atoms with Crippen LogP contribution in [0.4, 0.5) is 13.2 Å². The predicted molar refractivity (Wildman–Crippen MR) is 52.3 cm³/mol. The number of Topliss-reactive ketones (excluding diaryl/α,β-unsaturated/α-hetero) is 1. The van der Waals surface area contributed by atoms with Gasteiger partial charge in [0.25, 0.3) is 0 Å². The zero-order valence-electron chi connectivity index (χ0n) is 9.14. The summed E-state index contributed by atoms with van der Waals surface area (Å²) in [6, 6.07) is 1.52. The molecule has 0 amide bonds. The third-order valence-electron chi connectivity index (χ3n) is 2.12. The van der Waals surface area contributed by atoms with E-state index < -0.39 is 24.8 Å². The number of aromatic nitrogens is 2. The maximum absolute atomic E-state index is 11.9. The zero-order valence-corrected chi connectivity index (χ0v) is 9.14. The summed E-state index contributed by atoms with van der Waals surface area (Å²) >= 11 is 0. The molecule has 0 aromatic carbocycles. The molecule has 90 valence electrons. The maximum atomic E-state index is 11.9. The van der Waals surface area contributed by atoms with Gasteiger partial charge >= 0.3 is 6.18 Å². The number of ketones is 1. The molecule has 0 saturated heterocycles. The summed E-state index contributed by atoms with van der Waals surface area (Å²) in [5.74, 6) is -0.514. The van der Waals surface area contributed by atoms with E-state index in [1.54, 1.807) is 13.8 Å². The fourth-order valence-electron chi connectivity index (χ4n) is 1.39. The minimum absolute atomic E-state index is 0.254. The average molecular weight is 234 g/mol. The number of alkyl halides is 3. The first-order valence-corrected chi connectivity index (χ1v) is 4.98. The zero-order chi connectivity index (χ0) is 12.3. The van der Waals surface area contributed by atoms with Gasteiger partial charge in [0.2, 0.25) is 0 Å². The van der Waals surface area contributed by atoms with Crippen molar-refractivity contribution in [2.45, 2.75) is 39.4 Å². The number of hydrogen-bond acceptors (Lipinski definition) is 2. The Bertz CT molecular complexity index is 382. The molecule has 0 aliphatic carbocycles. The largest absolute Gasteiger partial charge is 0.389 e. The molecule has 0 fully saturated rings. The van der Waals surface area contributed by atoms with E-state index in [-0.39, 0.29) is 5.69 Å². The van der Waals surface area contributed by atoms with Gasteiger partial charge in [0.1, 0.15) is 5.69 Å². The Balaban J connectivity index is 2.73. The molecule has 0 N–H and O–H groups in total. The van der Waals surface area contributed by atoms with Crippen LogP contribution in [-0.2, 0) is 6.54 Å². The van der Waals surface area contributed by atoms with E-state index in [0.29, 0.717) is 12.2 Å². The first-order chi connectivity index (χ1) is 7.33. The molecule has 0 atom stereocenters. The lowest BCUT2D eigenvalue weighted by atomic mass is 10.1. The Hall–Kier alpha value is -1.33. The van der Waals surface area contributed by atoms with Crippen LogP contribution in [-0.4, -0.2) is 21.7 Å². The Morgan fingerprint density at radius 1 is 1.50 bits per heavy atom. The average Bonchev–Trinajstić information content (AvgIpc) is 2.55. The highest BCUT2D eigenvalue weighted by atomic mass is 19.4. The lowest BCUT2D eigenvalue weighted by Gasteiger charge is -2.06. The van der Waals surface area contributed by atoms with Crippen LogP contribution in [0.1, 0.15) is 35.9 Å². The third-order valence-corrected chi connectivity index (χ3v) is 2.12. The summed E-state index contributed by atoms with van der Waals surface area (Å²) in [5.41, 5.74) is 0.890. The van der Waals surface area contributed by atoms with Crippen LogP contribution in [0.15, 0.2) is 6.07 Å². The summed E-state index contributed by atoms with van der Waals surface area (Å²) in [4.78, 5) is 11.5.